The Balaban J connectivity index is 1.83. The van der Waals surface area contributed by atoms with Crippen LogP contribution in [0.25, 0.3) is 0 Å². The largest absolute Gasteiger partial charge is 0.386 e. The van der Waals surface area contributed by atoms with Gasteiger partial charge in [0.1, 0.15) is 11.2 Å². The van der Waals surface area contributed by atoms with E-state index in [2.05, 4.69) is 0 Å². The molecule has 6 N–H and O–H groups in total. The van der Waals surface area contributed by atoms with Crippen molar-refractivity contribution < 1.29 is 40.1 Å². The molecule has 2 saturated heterocycles. The summed E-state index contributed by atoms with van der Waals surface area (Å²) >= 11 is 0. The summed E-state index contributed by atoms with van der Waals surface area (Å²) in [7, 11) is 0. The van der Waals surface area contributed by atoms with Crippen molar-refractivity contribution in [3.8, 4) is 0 Å². The first kappa shape index (κ1) is 18.4. The summed E-state index contributed by atoms with van der Waals surface area (Å²) in [6, 6.07) is 0. The fraction of sp³-hybridized carbons (Fsp3) is 1.00. The summed E-state index contributed by atoms with van der Waals surface area (Å²) in [5.41, 5.74) is -13.4. The minimum absolute atomic E-state index is 0.0777. The number of aliphatic hydroxyl groups is 6. The van der Waals surface area contributed by atoms with Crippen molar-refractivity contribution in [2.45, 2.75) is 99.1 Å². The maximum Gasteiger partial charge on any atom is 0.236 e. The van der Waals surface area contributed by atoms with Gasteiger partial charge in [-0.2, -0.15) is 0 Å². The highest BCUT2D eigenvalue weighted by molar-refractivity contribution is 5.54. The molecule has 0 aromatic heterocycles. The Kier molecular flexibility index (Phi) is 2.53. The molecule has 3 saturated carbocycles. The van der Waals surface area contributed by atoms with Crippen LogP contribution >= 0.6 is 0 Å². The Morgan fingerprint density at radius 2 is 1.54 bits per heavy atom. The maximum atomic E-state index is 12.1. The van der Waals surface area contributed by atoms with Crippen LogP contribution in [-0.4, -0.2) is 75.8 Å². The Bertz CT molecular complexity index is 850. The van der Waals surface area contributed by atoms with Crippen LogP contribution in [-0.2, 0) is 9.47 Å². The Morgan fingerprint density at radius 3 is 2.11 bits per heavy atom. The van der Waals surface area contributed by atoms with Crippen LogP contribution in [0.2, 0.25) is 0 Å². The normalized spacial score (nSPS) is 75.9. The van der Waals surface area contributed by atoms with E-state index in [0.717, 1.165) is 0 Å². The fourth-order valence-corrected chi connectivity index (χ4v) is 9.34. The average Bonchev–Trinajstić information content (AvgIpc) is 3.05. The Morgan fingerprint density at radius 1 is 0.929 bits per heavy atom. The molecule has 5 aliphatic rings. The number of rotatable bonds is 1. The molecule has 11 atom stereocenters. The summed E-state index contributed by atoms with van der Waals surface area (Å²) in [5.74, 6) is -6.78. The summed E-state index contributed by atoms with van der Waals surface area (Å²) in [6.45, 7) is 8.50. The van der Waals surface area contributed by atoms with Gasteiger partial charge in [0.05, 0.1) is 11.5 Å². The van der Waals surface area contributed by atoms with E-state index in [1.54, 1.807) is 13.8 Å². The molecule has 2 heterocycles. The summed E-state index contributed by atoms with van der Waals surface area (Å²) in [4.78, 5) is 0. The molecule has 0 aromatic carbocycles. The Labute approximate surface area is 163 Å². The molecule has 0 radical (unpaired) electrons. The van der Waals surface area contributed by atoms with E-state index in [1.165, 1.54) is 6.92 Å². The zero-order valence-corrected chi connectivity index (χ0v) is 16.9. The first-order valence-electron chi connectivity index (χ1n) is 10.3. The predicted molar refractivity (Wildman–Crippen MR) is 92.5 cm³/mol. The molecule has 158 valence electrons. The van der Waals surface area contributed by atoms with Gasteiger partial charge in [0, 0.05) is 11.8 Å². The van der Waals surface area contributed by atoms with E-state index in [4.69, 9.17) is 9.47 Å². The third-order valence-electron chi connectivity index (χ3n) is 10.6. The van der Waals surface area contributed by atoms with E-state index in [-0.39, 0.29) is 18.8 Å². The number of hydrogen-bond donors (Lipinski definition) is 6. The molecule has 0 aromatic rings. The van der Waals surface area contributed by atoms with Crippen molar-refractivity contribution in [2.75, 3.05) is 0 Å². The zero-order valence-electron chi connectivity index (χ0n) is 16.9. The lowest BCUT2D eigenvalue weighted by Gasteiger charge is -2.72. The molecule has 5 rings (SSSR count). The standard InChI is InChI=1S/C20H30O8/c1-9(2)14-8-16(22)12(4)11(14)18(24)13(5,27-14)19(16,25)20(26,28-18)17(23)10(3)6-7-15(12,17)21/h9-11,21-26H,6-8H2,1-5H3. The van der Waals surface area contributed by atoms with Crippen molar-refractivity contribution in [1.29, 1.82) is 0 Å². The third kappa shape index (κ3) is 0.990. The lowest BCUT2D eigenvalue weighted by molar-refractivity contribution is -0.469. The van der Waals surface area contributed by atoms with Crippen molar-refractivity contribution in [1.82, 2.24) is 0 Å². The maximum absolute atomic E-state index is 12.1. The monoisotopic (exact) mass is 398 g/mol. The first-order valence-corrected chi connectivity index (χ1v) is 10.3. The molecule has 3 aliphatic carbocycles. The second kappa shape index (κ2) is 3.84. The highest BCUT2D eigenvalue weighted by Crippen LogP contribution is 2.91. The third-order valence-corrected chi connectivity index (χ3v) is 10.6. The lowest BCUT2D eigenvalue weighted by Crippen LogP contribution is -2.95. The van der Waals surface area contributed by atoms with Crippen LogP contribution in [0.15, 0.2) is 0 Å². The molecular weight excluding hydrogens is 368 g/mol. The second-order valence-electron chi connectivity index (χ2n) is 11.1. The van der Waals surface area contributed by atoms with Gasteiger partial charge in [-0.15, -0.1) is 0 Å². The van der Waals surface area contributed by atoms with Crippen LogP contribution in [0.1, 0.15) is 53.9 Å². The smallest absolute Gasteiger partial charge is 0.236 e. The summed E-state index contributed by atoms with van der Waals surface area (Å²) < 4.78 is 12.2. The highest BCUT2D eigenvalue weighted by Gasteiger charge is 3.10. The van der Waals surface area contributed by atoms with E-state index in [1.807, 2.05) is 13.8 Å². The molecule has 2 aliphatic heterocycles. The van der Waals surface area contributed by atoms with Crippen LogP contribution in [0.4, 0.5) is 0 Å². The van der Waals surface area contributed by atoms with Gasteiger partial charge in [-0.3, -0.25) is 0 Å². The number of fused-ring (bicyclic) bond motifs is 11. The molecule has 28 heavy (non-hydrogen) atoms. The van der Waals surface area contributed by atoms with Crippen molar-refractivity contribution in [3.63, 3.8) is 0 Å². The van der Waals surface area contributed by atoms with Gasteiger partial charge >= 0.3 is 0 Å². The van der Waals surface area contributed by atoms with Gasteiger partial charge in [0.25, 0.3) is 0 Å². The van der Waals surface area contributed by atoms with Gasteiger partial charge in [0.15, 0.2) is 16.8 Å². The molecule has 0 amide bonds. The van der Waals surface area contributed by atoms with Crippen LogP contribution in [0.5, 0.6) is 0 Å². The van der Waals surface area contributed by atoms with E-state index < -0.39 is 62.4 Å². The molecule has 8 heteroatoms. The quantitative estimate of drug-likeness (QED) is 0.309. The lowest BCUT2D eigenvalue weighted by atomic mass is 9.37. The summed E-state index contributed by atoms with van der Waals surface area (Å²) in [6.07, 6.45) is 0.395. The number of hydrogen-bond acceptors (Lipinski definition) is 8. The molecule has 0 spiro atoms. The van der Waals surface area contributed by atoms with Crippen LogP contribution in [0, 0.1) is 23.2 Å². The number of ether oxygens (including phenoxy) is 2. The molecule has 5 fully saturated rings. The van der Waals surface area contributed by atoms with Crippen LogP contribution in [0.3, 0.4) is 0 Å². The second-order valence-corrected chi connectivity index (χ2v) is 11.1. The van der Waals surface area contributed by atoms with E-state index >= 15 is 0 Å². The van der Waals surface area contributed by atoms with Crippen molar-refractivity contribution >= 4 is 0 Å². The SMILES string of the molecule is CC(C)C12CC3(O)C4(C)C1C1(O)OC(O)(C5(O)C(C)CCC45O)C3(O)C1(C)O2. The summed E-state index contributed by atoms with van der Waals surface area (Å²) in [5, 5.41) is 71.8. The highest BCUT2D eigenvalue weighted by atomic mass is 16.8. The van der Waals surface area contributed by atoms with Crippen molar-refractivity contribution in [2.24, 2.45) is 23.2 Å². The molecule has 8 nitrogen and oxygen atoms in total. The molecular formula is C20H30O8. The van der Waals surface area contributed by atoms with Gasteiger partial charge in [0.2, 0.25) is 11.6 Å². The van der Waals surface area contributed by atoms with Gasteiger partial charge in [-0.05, 0) is 31.6 Å². The van der Waals surface area contributed by atoms with Crippen molar-refractivity contribution in [3.05, 3.63) is 0 Å². The van der Waals surface area contributed by atoms with Gasteiger partial charge < -0.3 is 40.1 Å². The predicted octanol–water partition coefficient (Wildman–Crippen LogP) is -1.01. The average molecular weight is 398 g/mol. The van der Waals surface area contributed by atoms with Gasteiger partial charge in [-0.1, -0.05) is 27.7 Å². The fourth-order valence-electron chi connectivity index (χ4n) is 9.34. The van der Waals surface area contributed by atoms with E-state index in [9.17, 15) is 30.6 Å². The zero-order chi connectivity index (χ0) is 20.8. The van der Waals surface area contributed by atoms with Crippen LogP contribution < -0.4 is 0 Å². The minimum atomic E-state index is -2.80. The first-order chi connectivity index (χ1) is 12.6. The Hall–Kier alpha value is -0.320. The van der Waals surface area contributed by atoms with E-state index in [0.29, 0.717) is 6.42 Å². The minimum Gasteiger partial charge on any atom is -0.386 e. The molecule has 0 bridgehead atoms. The molecule has 11 unspecified atom stereocenters. The van der Waals surface area contributed by atoms with Gasteiger partial charge in [-0.25, -0.2) is 0 Å². The topological polar surface area (TPSA) is 140 Å².